The second-order valence-electron chi connectivity index (χ2n) is 4.84. The molecule has 0 saturated heterocycles. The van der Waals surface area contributed by atoms with E-state index in [1.54, 1.807) is 11.3 Å². The number of rotatable bonds is 3. The molecular weight excluding hydrogens is 234 g/mol. The van der Waals surface area contributed by atoms with E-state index in [-0.39, 0.29) is 6.10 Å². The van der Waals surface area contributed by atoms with Crippen molar-refractivity contribution in [3.05, 3.63) is 22.5 Å². The van der Waals surface area contributed by atoms with Gasteiger partial charge >= 0.3 is 0 Å². The topological polar surface area (TPSA) is 49.6 Å². The van der Waals surface area contributed by atoms with Gasteiger partial charge in [-0.3, -0.25) is 4.40 Å². The highest BCUT2D eigenvalue weighted by molar-refractivity contribution is 7.15. The molecule has 0 aliphatic heterocycles. The molecule has 1 aliphatic carbocycles. The van der Waals surface area contributed by atoms with Crippen LogP contribution in [0.4, 0.5) is 0 Å². The lowest BCUT2D eigenvalue weighted by Crippen LogP contribution is -2.43. The number of imidazole rings is 1. The Bertz CT molecular complexity index is 539. The highest BCUT2D eigenvalue weighted by atomic mass is 32.1. The summed E-state index contributed by atoms with van der Waals surface area (Å²) in [5.41, 5.74) is 3.60. The van der Waals surface area contributed by atoms with Crippen LogP contribution in [0.2, 0.25) is 0 Å². The normalized spacial score (nSPS) is 24.2. The molecule has 2 aromatic rings. The van der Waals surface area contributed by atoms with Crippen molar-refractivity contribution in [2.45, 2.75) is 45.4 Å². The van der Waals surface area contributed by atoms with Crippen molar-refractivity contribution in [2.75, 3.05) is 0 Å². The fourth-order valence-electron chi connectivity index (χ4n) is 2.37. The number of hydrogen-bond donors (Lipinski definition) is 2. The Hall–Kier alpha value is -0.910. The molecule has 0 aromatic carbocycles. The van der Waals surface area contributed by atoms with Crippen LogP contribution < -0.4 is 5.32 Å². The van der Waals surface area contributed by atoms with Gasteiger partial charge in [0.2, 0.25) is 0 Å². The third-order valence-corrected chi connectivity index (χ3v) is 4.44. The minimum atomic E-state index is -0.0954. The van der Waals surface area contributed by atoms with Crippen LogP contribution in [0.25, 0.3) is 4.96 Å². The first kappa shape index (κ1) is 11.2. The third kappa shape index (κ3) is 1.88. The molecule has 0 bridgehead atoms. The standard InChI is InChI=1S/C12H17N3OS/c1-7-6-17-12-14-8(2)11(15(7)12)5-13-9-3-10(16)4-9/h6,9-10,13,16H,3-5H2,1-2H3. The van der Waals surface area contributed by atoms with Crippen LogP contribution in [0.5, 0.6) is 0 Å². The zero-order valence-electron chi connectivity index (χ0n) is 10.1. The van der Waals surface area contributed by atoms with E-state index >= 15 is 0 Å². The Morgan fingerprint density at radius 1 is 1.53 bits per heavy atom. The lowest BCUT2D eigenvalue weighted by Gasteiger charge is -2.32. The first-order valence-electron chi connectivity index (χ1n) is 5.98. The molecule has 1 saturated carbocycles. The van der Waals surface area contributed by atoms with E-state index in [0.717, 1.165) is 30.0 Å². The number of fused-ring (bicyclic) bond motifs is 1. The summed E-state index contributed by atoms with van der Waals surface area (Å²) in [7, 11) is 0. The van der Waals surface area contributed by atoms with Crippen molar-refractivity contribution < 1.29 is 5.11 Å². The van der Waals surface area contributed by atoms with Crippen molar-refractivity contribution in [2.24, 2.45) is 0 Å². The Kier molecular flexibility index (Phi) is 2.69. The van der Waals surface area contributed by atoms with E-state index in [2.05, 4.69) is 33.9 Å². The number of nitrogens with zero attached hydrogens (tertiary/aromatic N) is 2. The summed E-state index contributed by atoms with van der Waals surface area (Å²) in [5.74, 6) is 0. The second-order valence-corrected chi connectivity index (χ2v) is 5.68. The molecular formula is C12H17N3OS. The van der Waals surface area contributed by atoms with Crippen molar-refractivity contribution in [1.29, 1.82) is 0 Å². The van der Waals surface area contributed by atoms with Crippen molar-refractivity contribution in [3.63, 3.8) is 0 Å². The summed E-state index contributed by atoms with van der Waals surface area (Å²) in [4.78, 5) is 5.64. The predicted molar refractivity (Wildman–Crippen MR) is 68.4 cm³/mol. The molecule has 1 aliphatic rings. The minimum Gasteiger partial charge on any atom is -0.393 e. The van der Waals surface area contributed by atoms with Crippen LogP contribution in [-0.2, 0) is 6.54 Å². The van der Waals surface area contributed by atoms with Gasteiger partial charge in [-0.25, -0.2) is 4.98 Å². The number of aliphatic hydroxyl groups is 1. The molecule has 0 amide bonds. The molecule has 2 heterocycles. The number of aryl methyl sites for hydroxylation is 2. The second kappa shape index (κ2) is 4.08. The molecule has 3 rings (SSSR count). The summed E-state index contributed by atoms with van der Waals surface area (Å²) < 4.78 is 2.22. The van der Waals surface area contributed by atoms with Gasteiger partial charge < -0.3 is 10.4 Å². The third-order valence-electron chi connectivity index (χ3n) is 3.50. The summed E-state index contributed by atoms with van der Waals surface area (Å²) in [6.45, 7) is 5.01. The number of hydrogen-bond acceptors (Lipinski definition) is 4. The molecule has 17 heavy (non-hydrogen) atoms. The largest absolute Gasteiger partial charge is 0.393 e. The average molecular weight is 251 g/mol. The Balaban J connectivity index is 1.79. The Morgan fingerprint density at radius 2 is 2.29 bits per heavy atom. The predicted octanol–water partition coefficient (Wildman–Crippen LogP) is 1.63. The van der Waals surface area contributed by atoms with Crippen LogP contribution >= 0.6 is 11.3 Å². The van der Waals surface area contributed by atoms with Crippen LogP contribution in [0.3, 0.4) is 0 Å². The van der Waals surface area contributed by atoms with Crippen LogP contribution in [0, 0.1) is 13.8 Å². The Morgan fingerprint density at radius 3 is 3.00 bits per heavy atom. The molecule has 2 N–H and O–H groups in total. The molecule has 92 valence electrons. The monoisotopic (exact) mass is 251 g/mol. The zero-order chi connectivity index (χ0) is 12.0. The first-order chi connectivity index (χ1) is 8.15. The lowest BCUT2D eigenvalue weighted by molar-refractivity contribution is 0.0617. The number of nitrogens with one attached hydrogen (secondary N) is 1. The number of thiazole rings is 1. The van der Waals surface area contributed by atoms with Gasteiger partial charge in [0.05, 0.1) is 17.5 Å². The summed E-state index contributed by atoms with van der Waals surface area (Å²) >= 11 is 1.69. The van der Waals surface area contributed by atoms with Crippen molar-refractivity contribution in [1.82, 2.24) is 14.7 Å². The van der Waals surface area contributed by atoms with Gasteiger partial charge in [0.1, 0.15) is 0 Å². The highest BCUT2D eigenvalue weighted by Gasteiger charge is 2.27. The van der Waals surface area contributed by atoms with Gasteiger partial charge in [0.15, 0.2) is 4.96 Å². The van der Waals surface area contributed by atoms with E-state index < -0.39 is 0 Å². The van der Waals surface area contributed by atoms with E-state index in [1.165, 1.54) is 11.4 Å². The van der Waals surface area contributed by atoms with Gasteiger partial charge in [-0.2, -0.15) is 0 Å². The van der Waals surface area contributed by atoms with Gasteiger partial charge in [-0.05, 0) is 26.7 Å². The van der Waals surface area contributed by atoms with Crippen molar-refractivity contribution >= 4 is 16.3 Å². The minimum absolute atomic E-state index is 0.0954. The number of aliphatic hydroxyl groups excluding tert-OH is 1. The fraction of sp³-hybridized carbons (Fsp3) is 0.583. The lowest BCUT2D eigenvalue weighted by atomic mass is 9.89. The SMILES string of the molecule is Cc1nc2scc(C)n2c1CNC1CC(O)C1. The summed E-state index contributed by atoms with van der Waals surface area (Å²) in [5, 5.41) is 14.9. The Labute approximate surface area is 104 Å². The smallest absolute Gasteiger partial charge is 0.194 e. The van der Waals surface area contributed by atoms with Gasteiger partial charge in [-0.15, -0.1) is 11.3 Å². The van der Waals surface area contributed by atoms with E-state index in [1.807, 2.05) is 0 Å². The van der Waals surface area contributed by atoms with Crippen LogP contribution in [0.15, 0.2) is 5.38 Å². The van der Waals surface area contributed by atoms with Crippen LogP contribution in [-0.4, -0.2) is 26.6 Å². The first-order valence-corrected chi connectivity index (χ1v) is 6.86. The molecule has 0 radical (unpaired) electrons. The zero-order valence-corrected chi connectivity index (χ0v) is 10.9. The highest BCUT2D eigenvalue weighted by Crippen LogP contribution is 2.23. The average Bonchev–Trinajstić information content (AvgIpc) is 2.73. The van der Waals surface area contributed by atoms with E-state index in [0.29, 0.717) is 6.04 Å². The summed E-state index contributed by atoms with van der Waals surface area (Å²) in [6.07, 6.45) is 1.66. The van der Waals surface area contributed by atoms with Gasteiger partial charge in [-0.1, -0.05) is 0 Å². The maximum Gasteiger partial charge on any atom is 0.194 e. The fourth-order valence-corrected chi connectivity index (χ4v) is 3.30. The molecule has 0 atom stereocenters. The van der Waals surface area contributed by atoms with E-state index in [4.69, 9.17) is 0 Å². The summed E-state index contributed by atoms with van der Waals surface area (Å²) in [6, 6.07) is 0.467. The molecule has 0 spiro atoms. The van der Waals surface area contributed by atoms with Crippen molar-refractivity contribution in [3.8, 4) is 0 Å². The maximum absolute atomic E-state index is 9.26. The molecule has 1 fully saturated rings. The molecule has 2 aromatic heterocycles. The molecule has 0 unspecified atom stereocenters. The molecule has 4 nitrogen and oxygen atoms in total. The quantitative estimate of drug-likeness (QED) is 0.871. The van der Waals surface area contributed by atoms with Gasteiger partial charge in [0, 0.05) is 23.7 Å². The van der Waals surface area contributed by atoms with Gasteiger partial charge in [0.25, 0.3) is 0 Å². The maximum atomic E-state index is 9.26. The number of aromatic nitrogens is 2. The van der Waals surface area contributed by atoms with Crippen LogP contribution in [0.1, 0.15) is 29.9 Å². The molecule has 5 heteroatoms. The van der Waals surface area contributed by atoms with E-state index in [9.17, 15) is 5.11 Å².